The Balaban J connectivity index is 2.09. The van der Waals surface area contributed by atoms with Crippen LogP contribution in [-0.2, 0) is 16.6 Å². The topological polar surface area (TPSA) is 98.7 Å². The highest BCUT2D eigenvalue weighted by Crippen LogP contribution is 2.29. The van der Waals surface area contributed by atoms with E-state index < -0.39 is 16.1 Å². The molecule has 0 aromatic heterocycles. The Bertz CT molecular complexity index is 870. The van der Waals surface area contributed by atoms with E-state index in [2.05, 4.69) is 10.0 Å². The van der Waals surface area contributed by atoms with Gasteiger partial charge in [0.2, 0.25) is 10.0 Å². The van der Waals surface area contributed by atoms with E-state index in [-0.39, 0.29) is 17.5 Å². The third-order valence-corrected chi connectivity index (χ3v) is 4.71. The molecule has 2 aromatic carbocycles. The molecule has 142 valence electrons. The summed E-state index contributed by atoms with van der Waals surface area (Å²) < 4.78 is 24.9. The molecule has 0 fully saturated rings. The monoisotopic (exact) mass is 418 g/mol. The summed E-state index contributed by atoms with van der Waals surface area (Å²) in [7, 11) is -3.55. The molecule has 6 nitrogen and oxygen atoms in total. The second kappa shape index (κ2) is 8.45. The molecule has 0 saturated heterocycles. The Morgan fingerprint density at radius 2 is 1.73 bits per heavy atom. The zero-order valence-corrected chi connectivity index (χ0v) is 16.5. The van der Waals surface area contributed by atoms with Crippen molar-refractivity contribution >= 4 is 38.9 Å². The van der Waals surface area contributed by atoms with Crippen LogP contribution < -0.4 is 10.0 Å². The van der Waals surface area contributed by atoms with Crippen LogP contribution in [0.3, 0.4) is 0 Å². The maximum atomic E-state index is 11.4. The second-order valence-corrected chi connectivity index (χ2v) is 8.66. The first kappa shape index (κ1) is 20.8. The van der Waals surface area contributed by atoms with Crippen LogP contribution in [0, 0.1) is 0 Å². The van der Waals surface area contributed by atoms with Crippen molar-refractivity contribution in [1.29, 1.82) is 0 Å². The molecule has 0 spiro atoms. The van der Waals surface area contributed by atoms with Gasteiger partial charge in [-0.05, 0) is 48.4 Å². The van der Waals surface area contributed by atoms with Crippen LogP contribution in [0.1, 0.15) is 24.2 Å². The first-order valence-electron chi connectivity index (χ1n) is 7.72. The number of hydrogen-bond acceptors (Lipinski definition) is 5. The quantitative estimate of drug-likeness (QED) is 0.517. The molecule has 0 heterocycles. The van der Waals surface area contributed by atoms with Crippen LogP contribution in [0.15, 0.2) is 36.4 Å². The number of aliphatic hydroxyl groups excluding tert-OH is 1. The van der Waals surface area contributed by atoms with Crippen molar-refractivity contribution in [2.45, 2.75) is 25.6 Å². The van der Waals surface area contributed by atoms with Gasteiger partial charge in [0, 0.05) is 22.6 Å². The minimum atomic E-state index is -3.55. The maximum absolute atomic E-state index is 11.4. The number of benzene rings is 2. The van der Waals surface area contributed by atoms with Gasteiger partial charge in [0.15, 0.2) is 0 Å². The maximum Gasteiger partial charge on any atom is 0.229 e. The molecule has 0 aliphatic rings. The molecule has 0 bridgehead atoms. The van der Waals surface area contributed by atoms with Gasteiger partial charge < -0.3 is 15.5 Å². The molecule has 0 unspecified atom stereocenters. The SMILES string of the molecule is C[C@H](NCc1cc(Cl)cc(Cl)c1)[C@H](O)c1ccc(O)c(NS(C)(=O)=O)c1. The third-order valence-electron chi connectivity index (χ3n) is 3.68. The minimum Gasteiger partial charge on any atom is -0.506 e. The Labute approximate surface area is 162 Å². The zero-order valence-electron chi connectivity index (χ0n) is 14.2. The molecular weight excluding hydrogens is 399 g/mol. The van der Waals surface area contributed by atoms with Crippen LogP contribution in [0.2, 0.25) is 10.0 Å². The highest BCUT2D eigenvalue weighted by atomic mass is 35.5. The molecule has 26 heavy (non-hydrogen) atoms. The molecular formula is C17H20Cl2N2O4S. The van der Waals surface area contributed by atoms with Crippen molar-refractivity contribution in [2.24, 2.45) is 0 Å². The number of phenols is 1. The van der Waals surface area contributed by atoms with Crippen LogP contribution in [0.25, 0.3) is 0 Å². The van der Waals surface area contributed by atoms with Gasteiger partial charge in [-0.2, -0.15) is 0 Å². The predicted molar refractivity (Wildman–Crippen MR) is 104 cm³/mol. The lowest BCUT2D eigenvalue weighted by Crippen LogP contribution is -2.31. The molecule has 2 atom stereocenters. The number of anilines is 1. The van der Waals surface area contributed by atoms with E-state index in [1.807, 2.05) is 0 Å². The summed E-state index contributed by atoms with van der Waals surface area (Å²) in [6.07, 6.45) is 0.0564. The first-order chi connectivity index (χ1) is 12.0. The number of rotatable bonds is 7. The van der Waals surface area contributed by atoms with E-state index in [4.69, 9.17) is 23.2 Å². The highest BCUT2D eigenvalue weighted by Gasteiger charge is 2.18. The summed E-state index contributed by atoms with van der Waals surface area (Å²) >= 11 is 11.9. The molecule has 0 aliphatic carbocycles. The Morgan fingerprint density at radius 1 is 1.12 bits per heavy atom. The number of hydrogen-bond donors (Lipinski definition) is 4. The second-order valence-electron chi connectivity index (χ2n) is 6.04. The standard InChI is InChI=1S/C17H20Cl2N2O4S/c1-10(20-9-11-5-13(18)8-14(19)6-11)17(23)12-3-4-16(22)15(7-12)21-26(2,24)25/h3-8,10,17,20-23H,9H2,1-2H3/t10-,17-/m0/s1. The number of halogens is 2. The van der Waals surface area contributed by atoms with Crippen molar-refractivity contribution in [3.63, 3.8) is 0 Å². The molecule has 0 amide bonds. The molecule has 0 aliphatic heterocycles. The van der Waals surface area contributed by atoms with E-state index in [1.165, 1.54) is 18.2 Å². The number of aliphatic hydroxyl groups is 1. The average Bonchev–Trinajstić information content (AvgIpc) is 2.52. The van der Waals surface area contributed by atoms with Gasteiger partial charge in [0.05, 0.1) is 18.0 Å². The van der Waals surface area contributed by atoms with Crippen molar-refractivity contribution in [2.75, 3.05) is 11.0 Å². The van der Waals surface area contributed by atoms with Crippen molar-refractivity contribution in [3.05, 3.63) is 57.6 Å². The highest BCUT2D eigenvalue weighted by molar-refractivity contribution is 7.92. The fourth-order valence-corrected chi connectivity index (χ4v) is 3.55. The van der Waals surface area contributed by atoms with Crippen molar-refractivity contribution in [3.8, 4) is 5.75 Å². The fourth-order valence-electron chi connectivity index (χ4n) is 2.41. The van der Waals surface area contributed by atoms with Gasteiger partial charge in [-0.25, -0.2) is 8.42 Å². The van der Waals surface area contributed by atoms with Crippen LogP contribution in [0.4, 0.5) is 5.69 Å². The van der Waals surface area contributed by atoms with Crippen LogP contribution in [0.5, 0.6) is 5.75 Å². The number of sulfonamides is 1. The summed E-state index contributed by atoms with van der Waals surface area (Å²) in [6.45, 7) is 2.22. The van der Waals surface area contributed by atoms with Gasteiger partial charge in [0.25, 0.3) is 0 Å². The largest absolute Gasteiger partial charge is 0.506 e. The summed E-state index contributed by atoms with van der Waals surface area (Å²) in [5.74, 6) is -0.222. The molecule has 0 radical (unpaired) electrons. The summed E-state index contributed by atoms with van der Waals surface area (Å²) in [4.78, 5) is 0. The van der Waals surface area contributed by atoms with Gasteiger partial charge in [0.1, 0.15) is 5.75 Å². The Kier molecular flexibility index (Phi) is 6.76. The van der Waals surface area contributed by atoms with E-state index in [0.29, 0.717) is 22.2 Å². The minimum absolute atomic E-state index is 0.0119. The van der Waals surface area contributed by atoms with Crippen LogP contribution >= 0.6 is 23.2 Å². The lowest BCUT2D eigenvalue weighted by Gasteiger charge is -2.22. The molecule has 9 heteroatoms. The van der Waals surface area contributed by atoms with Crippen molar-refractivity contribution in [1.82, 2.24) is 5.32 Å². The van der Waals surface area contributed by atoms with E-state index in [0.717, 1.165) is 11.8 Å². The number of nitrogens with one attached hydrogen (secondary N) is 2. The normalized spacial score (nSPS) is 14.0. The van der Waals surface area contributed by atoms with Gasteiger partial charge in [-0.1, -0.05) is 29.3 Å². The lowest BCUT2D eigenvalue weighted by atomic mass is 10.0. The van der Waals surface area contributed by atoms with E-state index >= 15 is 0 Å². The van der Waals surface area contributed by atoms with E-state index in [9.17, 15) is 18.6 Å². The lowest BCUT2D eigenvalue weighted by molar-refractivity contribution is 0.135. The smallest absolute Gasteiger partial charge is 0.229 e. The number of aromatic hydroxyl groups is 1. The average molecular weight is 419 g/mol. The van der Waals surface area contributed by atoms with Crippen LogP contribution in [-0.4, -0.2) is 30.9 Å². The Hall–Kier alpha value is -1.51. The van der Waals surface area contributed by atoms with Crippen molar-refractivity contribution < 1.29 is 18.6 Å². The molecule has 2 rings (SSSR count). The Morgan fingerprint density at radius 3 is 2.31 bits per heavy atom. The molecule has 0 saturated carbocycles. The number of phenolic OH excluding ortho intramolecular Hbond substituents is 1. The van der Waals surface area contributed by atoms with E-state index in [1.54, 1.807) is 25.1 Å². The van der Waals surface area contributed by atoms with Gasteiger partial charge >= 0.3 is 0 Å². The molecule has 4 N–H and O–H groups in total. The molecule has 2 aromatic rings. The van der Waals surface area contributed by atoms with Gasteiger partial charge in [-0.15, -0.1) is 0 Å². The zero-order chi connectivity index (χ0) is 19.5. The predicted octanol–water partition coefficient (Wildman–Crippen LogP) is 3.28. The first-order valence-corrected chi connectivity index (χ1v) is 10.4. The fraction of sp³-hybridized carbons (Fsp3) is 0.294. The third kappa shape index (κ3) is 6.03. The summed E-state index contributed by atoms with van der Waals surface area (Å²) in [6, 6.07) is 9.08. The van der Waals surface area contributed by atoms with Gasteiger partial charge in [-0.3, -0.25) is 4.72 Å². The summed E-state index contributed by atoms with van der Waals surface area (Å²) in [5, 5.41) is 24.5. The summed E-state index contributed by atoms with van der Waals surface area (Å²) in [5.41, 5.74) is 1.34.